The molecule has 0 saturated heterocycles. The van der Waals surface area contributed by atoms with Gasteiger partial charge in [0.2, 0.25) is 5.91 Å². The summed E-state index contributed by atoms with van der Waals surface area (Å²) in [6.07, 6.45) is 0.210. The lowest BCUT2D eigenvalue weighted by atomic mass is 10.2. The molecule has 118 valence electrons. The molecule has 3 rings (SSSR count). The molecule has 0 aromatic heterocycles. The Morgan fingerprint density at radius 2 is 1.91 bits per heavy atom. The number of nitrogens with zero attached hydrogens (tertiary/aromatic N) is 1. The number of halogens is 1. The van der Waals surface area contributed by atoms with Crippen molar-refractivity contribution >= 4 is 39.1 Å². The van der Waals surface area contributed by atoms with Crippen LogP contribution in [0.25, 0.3) is 0 Å². The van der Waals surface area contributed by atoms with Crippen LogP contribution in [0, 0.1) is 0 Å². The van der Waals surface area contributed by atoms with Gasteiger partial charge in [0.25, 0.3) is 5.91 Å². The predicted octanol–water partition coefficient (Wildman–Crippen LogP) is 3.20. The molecule has 1 heterocycles. The van der Waals surface area contributed by atoms with Crippen molar-refractivity contribution in [2.45, 2.75) is 6.42 Å². The van der Waals surface area contributed by atoms with Gasteiger partial charge in [0.05, 0.1) is 11.4 Å². The monoisotopic (exact) mass is 374 g/mol. The maximum atomic E-state index is 12.1. The van der Waals surface area contributed by atoms with Crippen LogP contribution >= 0.6 is 15.9 Å². The van der Waals surface area contributed by atoms with Gasteiger partial charge < -0.3 is 15.0 Å². The topological polar surface area (TPSA) is 58.6 Å². The molecule has 0 spiro atoms. The van der Waals surface area contributed by atoms with Crippen LogP contribution in [0.2, 0.25) is 0 Å². The van der Waals surface area contributed by atoms with E-state index in [1.165, 1.54) is 0 Å². The number of fused-ring (bicyclic) bond motifs is 1. The molecular formula is C17H15BrN2O3. The van der Waals surface area contributed by atoms with Gasteiger partial charge in [0.15, 0.2) is 6.61 Å². The molecule has 23 heavy (non-hydrogen) atoms. The third kappa shape index (κ3) is 3.53. The predicted molar refractivity (Wildman–Crippen MR) is 91.7 cm³/mol. The minimum absolute atomic E-state index is 0.00284. The van der Waals surface area contributed by atoms with Gasteiger partial charge in [-0.3, -0.25) is 9.59 Å². The first-order valence-corrected chi connectivity index (χ1v) is 8.01. The fourth-order valence-electron chi connectivity index (χ4n) is 2.39. The van der Waals surface area contributed by atoms with E-state index in [0.29, 0.717) is 23.7 Å². The molecule has 1 N–H and O–H groups in total. The van der Waals surface area contributed by atoms with Gasteiger partial charge in [0.1, 0.15) is 5.75 Å². The Morgan fingerprint density at radius 3 is 2.74 bits per heavy atom. The number of nitrogens with one attached hydrogen (secondary N) is 1. The zero-order valence-electron chi connectivity index (χ0n) is 12.3. The van der Waals surface area contributed by atoms with Crippen LogP contribution in [0.1, 0.15) is 6.42 Å². The largest absolute Gasteiger partial charge is 0.482 e. The number of benzene rings is 2. The lowest BCUT2D eigenvalue weighted by Crippen LogP contribution is -2.40. The molecule has 1 aliphatic rings. The van der Waals surface area contributed by atoms with Crippen molar-refractivity contribution in [2.75, 3.05) is 23.4 Å². The first-order chi connectivity index (χ1) is 11.1. The Labute approximate surface area is 142 Å². The molecule has 1 aliphatic heterocycles. The fraction of sp³-hybridized carbons (Fsp3) is 0.176. The number of amides is 2. The zero-order chi connectivity index (χ0) is 16.2. The first kappa shape index (κ1) is 15.6. The molecule has 0 aliphatic carbocycles. The normalized spacial score (nSPS) is 13.3. The molecule has 0 atom stereocenters. The second kappa shape index (κ2) is 6.83. The Kier molecular flexibility index (Phi) is 4.62. The average Bonchev–Trinajstić information content (AvgIpc) is 2.56. The Hall–Kier alpha value is -2.34. The SMILES string of the molecule is O=C(CCN1C(=O)COc2ccccc21)Nc1ccccc1Br. The van der Waals surface area contributed by atoms with E-state index in [9.17, 15) is 9.59 Å². The number of carbonyl (C=O) groups is 2. The molecule has 0 fully saturated rings. The molecule has 2 aromatic carbocycles. The second-order valence-electron chi connectivity index (χ2n) is 5.08. The van der Waals surface area contributed by atoms with Crippen molar-refractivity contribution in [3.8, 4) is 5.75 Å². The molecule has 6 heteroatoms. The minimum atomic E-state index is -0.145. The standard InChI is InChI=1S/C17H15BrN2O3/c18-12-5-1-2-6-13(12)19-16(21)9-10-20-14-7-3-4-8-15(14)23-11-17(20)22/h1-8H,9-11H2,(H,19,21). The van der Waals surface area contributed by atoms with Crippen molar-refractivity contribution in [1.29, 1.82) is 0 Å². The van der Waals surface area contributed by atoms with Crippen LogP contribution in [0.15, 0.2) is 53.0 Å². The van der Waals surface area contributed by atoms with Gasteiger partial charge >= 0.3 is 0 Å². The van der Waals surface area contributed by atoms with Crippen LogP contribution in [0.3, 0.4) is 0 Å². The fourth-order valence-corrected chi connectivity index (χ4v) is 2.77. The van der Waals surface area contributed by atoms with E-state index in [-0.39, 0.29) is 24.8 Å². The molecule has 0 bridgehead atoms. The lowest BCUT2D eigenvalue weighted by molar-refractivity contribution is -0.121. The van der Waals surface area contributed by atoms with Crippen LogP contribution in [0.4, 0.5) is 11.4 Å². The lowest BCUT2D eigenvalue weighted by Gasteiger charge is -2.29. The Morgan fingerprint density at radius 1 is 1.17 bits per heavy atom. The number of ether oxygens (including phenoxy) is 1. The van der Waals surface area contributed by atoms with E-state index in [2.05, 4.69) is 21.2 Å². The highest BCUT2D eigenvalue weighted by molar-refractivity contribution is 9.10. The Bertz CT molecular complexity index is 748. The number of hydrogen-bond donors (Lipinski definition) is 1. The maximum Gasteiger partial charge on any atom is 0.265 e. The molecule has 0 unspecified atom stereocenters. The van der Waals surface area contributed by atoms with Gasteiger partial charge in [0, 0.05) is 17.4 Å². The molecule has 2 aromatic rings. The van der Waals surface area contributed by atoms with E-state index in [0.717, 1.165) is 4.47 Å². The minimum Gasteiger partial charge on any atom is -0.482 e. The summed E-state index contributed by atoms with van der Waals surface area (Å²) in [6.45, 7) is 0.318. The van der Waals surface area contributed by atoms with Gasteiger partial charge in [-0.05, 0) is 40.2 Å². The molecule has 5 nitrogen and oxygen atoms in total. The second-order valence-corrected chi connectivity index (χ2v) is 5.93. The molecular weight excluding hydrogens is 360 g/mol. The first-order valence-electron chi connectivity index (χ1n) is 7.22. The highest BCUT2D eigenvalue weighted by Crippen LogP contribution is 2.31. The van der Waals surface area contributed by atoms with Gasteiger partial charge in [-0.2, -0.15) is 0 Å². The zero-order valence-corrected chi connectivity index (χ0v) is 13.9. The summed E-state index contributed by atoms with van der Waals surface area (Å²) in [5, 5.41) is 2.83. The number of para-hydroxylation sites is 3. The summed E-state index contributed by atoms with van der Waals surface area (Å²) >= 11 is 3.39. The number of rotatable bonds is 4. The van der Waals surface area contributed by atoms with E-state index in [1.54, 1.807) is 4.90 Å². The quantitative estimate of drug-likeness (QED) is 0.893. The number of hydrogen-bond acceptors (Lipinski definition) is 3. The van der Waals surface area contributed by atoms with Crippen molar-refractivity contribution in [3.05, 3.63) is 53.0 Å². The average molecular weight is 375 g/mol. The summed E-state index contributed by atoms with van der Waals surface area (Å²) in [4.78, 5) is 25.8. The number of anilines is 2. The third-order valence-electron chi connectivity index (χ3n) is 3.52. The Balaban J connectivity index is 1.65. The summed E-state index contributed by atoms with van der Waals surface area (Å²) in [7, 11) is 0. The third-order valence-corrected chi connectivity index (χ3v) is 4.21. The van der Waals surface area contributed by atoms with E-state index in [1.807, 2.05) is 48.5 Å². The van der Waals surface area contributed by atoms with Gasteiger partial charge in [-0.15, -0.1) is 0 Å². The summed E-state index contributed by atoms with van der Waals surface area (Å²) in [6, 6.07) is 14.7. The van der Waals surface area contributed by atoms with E-state index >= 15 is 0 Å². The van der Waals surface area contributed by atoms with Crippen LogP contribution in [-0.4, -0.2) is 25.0 Å². The molecule has 2 amide bonds. The van der Waals surface area contributed by atoms with Crippen LogP contribution < -0.4 is 15.0 Å². The van der Waals surface area contributed by atoms with Crippen molar-refractivity contribution in [2.24, 2.45) is 0 Å². The van der Waals surface area contributed by atoms with Gasteiger partial charge in [-0.1, -0.05) is 24.3 Å². The van der Waals surface area contributed by atoms with Crippen molar-refractivity contribution < 1.29 is 14.3 Å². The van der Waals surface area contributed by atoms with Crippen molar-refractivity contribution in [1.82, 2.24) is 0 Å². The molecule has 0 saturated carbocycles. The van der Waals surface area contributed by atoms with Crippen LogP contribution in [-0.2, 0) is 9.59 Å². The summed E-state index contributed by atoms with van der Waals surface area (Å²) < 4.78 is 6.21. The van der Waals surface area contributed by atoms with Crippen LogP contribution in [0.5, 0.6) is 5.75 Å². The maximum absolute atomic E-state index is 12.1. The number of carbonyl (C=O) groups excluding carboxylic acids is 2. The highest BCUT2D eigenvalue weighted by Gasteiger charge is 2.25. The summed E-state index contributed by atoms with van der Waals surface area (Å²) in [5.74, 6) is 0.379. The van der Waals surface area contributed by atoms with E-state index in [4.69, 9.17) is 4.74 Å². The van der Waals surface area contributed by atoms with Crippen molar-refractivity contribution in [3.63, 3.8) is 0 Å². The molecule has 0 radical (unpaired) electrons. The van der Waals surface area contributed by atoms with Gasteiger partial charge in [-0.25, -0.2) is 0 Å². The summed E-state index contributed by atoms with van der Waals surface area (Å²) in [5.41, 5.74) is 1.42. The smallest absolute Gasteiger partial charge is 0.265 e. The van der Waals surface area contributed by atoms with E-state index < -0.39 is 0 Å². The highest BCUT2D eigenvalue weighted by atomic mass is 79.9.